The van der Waals surface area contributed by atoms with Crippen molar-refractivity contribution in [3.8, 4) is 17.6 Å². The monoisotopic (exact) mass is 302 g/mol. The second-order valence-corrected chi connectivity index (χ2v) is 4.03. The zero-order valence-corrected chi connectivity index (χ0v) is 11.2. The van der Waals surface area contributed by atoms with Crippen molar-refractivity contribution in [2.24, 2.45) is 0 Å². The number of hydrogen-bond acceptors (Lipinski definition) is 4. The molecule has 1 aromatic carbocycles. The van der Waals surface area contributed by atoms with Gasteiger partial charge in [-0.05, 0) is 24.3 Å². The molecule has 1 rings (SSSR count). The number of carbonyl (C=O) groups is 1. The van der Waals surface area contributed by atoms with Crippen LogP contribution in [0.25, 0.3) is 0 Å². The second kappa shape index (κ2) is 7.38. The highest BCUT2D eigenvalue weighted by molar-refractivity contribution is 5.77. The average Bonchev–Trinajstić information content (AvgIpc) is 2.42. The molecule has 5 nitrogen and oxygen atoms in total. The summed E-state index contributed by atoms with van der Waals surface area (Å²) >= 11 is 0. The molecule has 21 heavy (non-hydrogen) atoms. The van der Waals surface area contributed by atoms with E-state index in [1.54, 1.807) is 0 Å². The number of amides is 1. The molecule has 0 fully saturated rings. The first-order valence-electron chi connectivity index (χ1n) is 5.91. The molecule has 0 unspecified atom stereocenters. The minimum atomic E-state index is -4.75. The van der Waals surface area contributed by atoms with Gasteiger partial charge in [-0.3, -0.25) is 4.79 Å². The molecule has 0 spiro atoms. The predicted octanol–water partition coefficient (Wildman–Crippen LogP) is 2.34. The van der Waals surface area contributed by atoms with E-state index >= 15 is 0 Å². The maximum absolute atomic E-state index is 12.0. The standard InChI is InChI=1S/C13H13F3N2O3/c1-18(8-2-7-17)12(19)9-20-10-3-5-11(6-4-10)21-13(14,15)16/h3-6H,2,8-9H2,1H3. The lowest BCUT2D eigenvalue weighted by atomic mass is 10.3. The molecule has 0 heterocycles. The number of likely N-dealkylation sites (N-methyl/N-ethyl adjacent to an activating group) is 1. The first-order chi connectivity index (χ1) is 9.81. The molecule has 0 N–H and O–H groups in total. The summed E-state index contributed by atoms with van der Waals surface area (Å²) < 4.78 is 44.7. The minimum absolute atomic E-state index is 0.214. The summed E-state index contributed by atoms with van der Waals surface area (Å²) in [5.74, 6) is -0.459. The van der Waals surface area contributed by atoms with Gasteiger partial charge in [0.1, 0.15) is 11.5 Å². The van der Waals surface area contributed by atoms with Gasteiger partial charge in [-0.15, -0.1) is 13.2 Å². The summed E-state index contributed by atoms with van der Waals surface area (Å²) in [4.78, 5) is 12.9. The van der Waals surface area contributed by atoms with E-state index in [4.69, 9.17) is 10.00 Å². The van der Waals surface area contributed by atoms with Crippen LogP contribution in [-0.2, 0) is 4.79 Å². The van der Waals surface area contributed by atoms with E-state index in [9.17, 15) is 18.0 Å². The summed E-state index contributed by atoms with van der Waals surface area (Å²) in [5.41, 5.74) is 0. The average molecular weight is 302 g/mol. The van der Waals surface area contributed by atoms with Crippen molar-refractivity contribution < 1.29 is 27.4 Å². The zero-order chi connectivity index (χ0) is 15.9. The topological polar surface area (TPSA) is 62.6 Å². The molecule has 1 amide bonds. The number of nitrogens with zero attached hydrogens (tertiary/aromatic N) is 2. The van der Waals surface area contributed by atoms with Crippen LogP contribution >= 0.6 is 0 Å². The smallest absolute Gasteiger partial charge is 0.484 e. The van der Waals surface area contributed by atoms with Crippen LogP contribution < -0.4 is 9.47 Å². The third-order valence-corrected chi connectivity index (χ3v) is 2.40. The summed E-state index contributed by atoms with van der Waals surface area (Å²) in [6.07, 6.45) is -4.53. The number of halogens is 3. The Morgan fingerprint density at radius 3 is 2.38 bits per heavy atom. The van der Waals surface area contributed by atoms with E-state index in [0.717, 1.165) is 12.1 Å². The Balaban J connectivity index is 2.46. The van der Waals surface area contributed by atoms with Crippen LogP contribution in [0.3, 0.4) is 0 Å². The van der Waals surface area contributed by atoms with Crippen molar-refractivity contribution in [1.29, 1.82) is 5.26 Å². The van der Waals surface area contributed by atoms with Crippen molar-refractivity contribution in [3.63, 3.8) is 0 Å². The van der Waals surface area contributed by atoms with Gasteiger partial charge in [0.2, 0.25) is 0 Å². The second-order valence-electron chi connectivity index (χ2n) is 4.03. The van der Waals surface area contributed by atoms with Crippen LogP contribution in [0.4, 0.5) is 13.2 Å². The molecule has 8 heteroatoms. The first-order valence-corrected chi connectivity index (χ1v) is 5.91. The summed E-state index contributed by atoms with van der Waals surface area (Å²) in [5, 5.41) is 8.40. The first kappa shape index (κ1) is 16.6. The Bertz CT molecular complexity index is 509. The number of benzene rings is 1. The highest BCUT2D eigenvalue weighted by atomic mass is 19.4. The number of ether oxygens (including phenoxy) is 2. The molecule has 0 saturated carbocycles. The highest BCUT2D eigenvalue weighted by Gasteiger charge is 2.30. The lowest BCUT2D eigenvalue weighted by molar-refractivity contribution is -0.274. The number of nitriles is 1. The Morgan fingerprint density at radius 1 is 1.29 bits per heavy atom. The van der Waals surface area contributed by atoms with Crippen molar-refractivity contribution in [2.75, 3.05) is 20.2 Å². The maximum atomic E-state index is 12.0. The van der Waals surface area contributed by atoms with Gasteiger partial charge < -0.3 is 14.4 Å². The Labute approximate surface area is 119 Å². The highest BCUT2D eigenvalue weighted by Crippen LogP contribution is 2.24. The van der Waals surface area contributed by atoms with Crippen molar-refractivity contribution in [1.82, 2.24) is 4.90 Å². The Kier molecular flexibility index (Phi) is 5.84. The lowest BCUT2D eigenvalue weighted by Gasteiger charge is -2.16. The van der Waals surface area contributed by atoms with Gasteiger partial charge in [0.15, 0.2) is 6.61 Å². The molecule has 0 radical (unpaired) electrons. The van der Waals surface area contributed by atoms with Crippen LogP contribution in [-0.4, -0.2) is 37.4 Å². The number of hydrogen-bond donors (Lipinski definition) is 0. The largest absolute Gasteiger partial charge is 0.573 e. The molecule has 1 aromatic rings. The number of rotatable bonds is 6. The molecule has 0 aliphatic rings. The van der Waals surface area contributed by atoms with Gasteiger partial charge in [0.25, 0.3) is 5.91 Å². The van der Waals surface area contributed by atoms with E-state index in [-0.39, 0.29) is 37.0 Å². The fourth-order valence-electron chi connectivity index (χ4n) is 1.34. The fraction of sp³-hybridized carbons (Fsp3) is 0.385. The molecule has 0 aliphatic carbocycles. The van der Waals surface area contributed by atoms with Gasteiger partial charge in [0.05, 0.1) is 12.5 Å². The molecule has 0 atom stereocenters. The lowest BCUT2D eigenvalue weighted by Crippen LogP contribution is -2.32. The van der Waals surface area contributed by atoms with E-state index in [1.165, 1.54) is 24.1 Å². The Morgan fingerprint density at radius 2 is 1.86 bits per heavy atom. The van der Waals surface area contributed by atoms with Crippen LogP contribution in [0.5, 0.6) is 11.5 Å². The van der Waals surface area contributed by atoms with Gasteiger partial charge in [0, 0.05) is 13.6 Å². The molecule has 0 aromatic heterocycles. The van der Waals surface area contributed by atoms with Gasteiger partial charge in [-0.2, -0.15) is 5.26 Å². The SMILES string of the molecule is CN(CCC#N)C(=O)COc1ccc(OC(F)(F)F)cc1. The fourth-order valence-corrected chi connectivity index (χ4v) is 1.34. The van der Waals surface area contributed by atoms with E-state index < -0.39 is 6.36 Å². The van der Waals surface area contributed by atoms with E-state index in [1.807, 2.05) is 6.07 Å². The van der Waals surface area contributed by atoms with Crippen LogP contribution in [0.15, 0.2) is 24.3 Å². The van der Waals surface area contributed by atoms with E-state index in [0.29, 0.717) is 0 Å². The maximum Gasteiger partial charge on any atom is 0.573 e. The summed E-state index contributed by atoms with van der Waals surface area (Å²) in [7, 11) is 1.53. The van der Waals surface area contributed by atoms with Crippen molar-refractivity contribution >= 4 is 5.91 Å². The predicted molar refractivity (Wildman–Crippen MR) is 66.5 cm³/mol. The molecular weight excluding hydrogens is 289 g/mol. The molecule has 0 bridgehead atoms. The van der Waals surface area contributed by atoms with Gasteiger partial charge in [-0.1, -0.05) is 0 Å². The third-order valence-electron chi connectivity index (χ3n) is 2.40. The minimum Gasteiger partial charge on any atom is -0.484 e. The van der Waals surface area contributed by atoms with Crippen LogP contribution in [0.1, 0.15) is 6.42 Å². The molecular formula is C13H13F3N2O3. The number of carbonyl (C=O) groups excluding carboxylic acids is 1. The van der Waals surface area contributed by atoms with Crippen molar-refractivity contribution in [3.05, 3.63) is 24.3 Å². The zero-order valence-electron chi connectivity index (χ0n) is 11.2. The molecule has 0 aliphatic heterocycles. The van der Waals surface area contributed by atoms with Gasteiger partial charge >= 0.3 is 6.36 Å². The van der Waals surface area contributed by atoms with Crippen molar-refractivity contribution in [2.45, 2.75) is 12.8 Å². The Hall–Kier alpha value is -2.43. The van der Waals surface area contributed by atoms with Crippen LogP contribution in [0.2, 0.25) is 0 Å². The van der Waals surface area contributed by atoms with Crippen LogP contribution in [0, 0.1) is 11.3 Å². The number of alkyl halides is 3. The van der Waals surface area contributed by atoms with Gasteiger partial charge in [-0.25, -0.2) is 0 Å². The quantitative estimate of drug-likeness (QED) is 0.809. The third kappa shape index (κ3) is 6.51. The normalized spacial score (nSPS) is 10.6. The summed E-state index contributed by atoms with van der Waals surface area (Å²) in [6.45, 7) is 0.0262. The molecule has 0 saturated heterocycles. The molecule has 114 valence electrons. The summed E-state index contributed by atoms with van der Waals surface area (Å²) in [6, 6.07) is 6.63. The van der Waals surface area contributed by atoms with E-state index in [2.05, 4.69) is 4.74 Å².